The second kappa shape index (κ2) is 6.11. The molecule has 1 saturated heterocycles. The molecule has 2 aromatic rings. The minimum absolute atomic E-state index is 0.172. The van der Waals surface area contributed by atoms with Crippen LogP contribution in [0, 0.1) is 11.2 Å². The third-order valence-electron chi connectivity index (χ3n) is 5.00. The minimum Gasteiger partial charge on any atom is -0.387 e. The van der Waals surface area contributed by atoms with E-state index in [2.05, 4.69) is 10.3 Å². The highest BCUT2D eigenvalue weighted by molar-refractivity contribution is 5.58. The lowest BCUT2D eigenvalue weighted by Crippen LogP contribution is -2.58. The molecule has 0 bridgehead atoms. The molecule has 128 valence electrons. The predicted octanol–water partition coefficient (Wildman–Crippen LogP) is 1.80. The molecule has 24 heavy (non-hydrogen) atoms. The average molecular weight is 331 g/mol. The number of benzene rings is 1. The molecule has 1 unspecified atom stereocenters. The first kappa shape index (κ1) is 16.8. The molecule has 1 aliphatic rings. The topological polar surface area (TPSA) is 67.2 Å². The first-order chi connectivity index (χ1) is 11.3. The van der Waals surface area contributed by atoms with Gasteiger partial charge >= 0.3 is 0 Å². The van der Waals surface area contributed by atoms with Gasteiger partial charge in [0.05, 0.1) is 24.2 Å². The number of halogens is 1. The van der Waals surface area contributed by atoms with E-state index in [1.165, 1.54) is 23.0 Å². The van der Waals surface area contributed by atoms with Gasteiger partial charge in [-0.3, -0.25) is 9.36 Å². The number of rotatable bonds is 3. The van der Waals surface area contributed by atoms with Gasteiger partial charge in [-0.15, -0.1) is 0 Å². The molecule has 0 spiro atoms. The summed E-state index contributed by atoms with van der Waals surface area (Å²) in [5.74, 6) is -0.416. The first-order valence-corrected chi connectivity index (χ1v) is 8.07. The molecule has 1 aromatic carbocycles. The lowest BCUT2D eigenvalue weighted by atomic mass is 9.70. The van der Waals surface area contributed by atoms with Gasteiger partial charge in [-0.05, 0) is 25.1 Å². The van der Waals surface area contributed by atoms with Gasteiger partial charge < -0.3 is 10.4 Å². The third kappa shape index (κ3) is 2.99. The van der Waals surface area contributed by atoms with Crippen molar-refractivity contribution in [1.29, 1.82) is 0 Å². The standard InChI is InChI=1S/C18H22FN3O2/c1-17(2)10-20-8-7-18(17,24)11-22-12-21-15(9-16(22)23)13-5-3-4-6-14(13)19/h3-6,9,12,20,24H,7-8,10-11H2,1-2H3. The number of nitrogens with one attached hydrogen (secondary N) is 1. The number of aliphatic hydroxyl groups is 1. The average Bonchev–Trinajstić information content (AvgIpc) is 2.53. The first-order valence-electron chi connectivity index (χ1n) is 8.07. The van der Waals surface area contributed by atoms with E-state index in [0.717, 1.165) is 0 Å². The van der Waals surface area contributed by atoms with E-state index in [-0.39, 0.29) is 17.5 Å². The fourth-order valence-electron chi connectivity index (χ4n) is 3.13. The highest BCUT2D eigenvalue weighted by atomic mass is 19.1. The summed E-state index contributed by atoms with van der Waals surface area (Å²) in [6.45, 7) is 5.51. The van der Waals surface area contributed by atoms with Gasteiger partial charge in [0.1, 0.15) is 5.82 Å². The monoisotopic (exact) mass is 331 g/mol. The highest BCUT2D eigenvalue weighted by Crippen LogP contribution is 2.36. The van der Waals surface area contributed by atoms with Crippen LogP contribution in [0.3, 0.4) is 0 Å². The fourth-order valence-corrected chi connectivity index (χ4v) is 3.13. The number of hydrogen-bond donors (Lipinski definition) is 2. The Morgan fingerprint density at radius 3 is 2.79 bits per heavy atom. The summed E-state index contributed by atoms with van der Waals surface area (Å²) in [6.07, 6.45) is 1.95. The summed E-state index contributed by atoms with van der Waals surface area (Å²) < 4.78 is 15.2. The van der Waals surface area contributed by atoms with Crippen molar-refractivity contribution in [3.8, 4) is 11.3 Å². The van der Waals surface area contributed by atoms with Gasteiger partial charge in [0.25, 0.3) is 5.56 Å². The minimum atomic E-state index is -0.997. The van der Waals surface area contributed by atoms with Crippen LogP contribution >= 0.6 is 0 Å². The number of hydrogen-bond acceptors (Lipinski definition) is 4. The van der Waals surface area contributed by atoms with E-state index >= 15 is 0 Å². The molecule has 0 radical (unpaired) electrons. The maximum absolute atomic E-state index is 13.8. The second-order valence-corrected chi connectivity index (χ2v) is 7.06. The number of aromatic nitrogens is 2. The van der Waals surface area contributed by atoms with E-state index in [1.54, 1.807) is 18.2 Å². The normalized spacial score (nSPS) is 23.2. The van der Waals surface area contributed by atoms with E-state index < -0.39 is 11.4 Å². The molecule has 0 aliphatic carbocycles. The molecule has 6 heteroatoms. The second-order valence-electron chi connectivity index (χ2n) is 7.06. The number of nitrogens with zero attached hydrogens (tertiary/aromatic N) is 2. The fraction of sp³-hybridized carbons (Fsp3) is 0.444. The van der Waals surface area contributed by atoms with Gasteiger partial charge in [0.2, 0.25) is 0 Å². The van der Waals surface area contributed by atoms with Crippen molar-refractivity contribution in [2.24, 2.45) is 5.41 Å². The zero-order valence-electron chi connectivity index (χ0n) is 13.9. The summed E-state index contributed by atoms with van der Waals surface area (Å²) in [5, 5.41) is 14.3. The lowest BCUT2D eigenvalue weighted by Gasteiger charge is -2.46. The lowest BCUT2D eigenvalue weighted by molar-refractivity contribution is -0.0999. The van der Waals surface area contributed by atoms with Crippen molar-refractivity contribution in [3.63, 3.8) is 0 Å². The Morgan fingerprint density at radius 1 is 1.38 bits per heavy atom. The smallest absolute Gasteiger partial charge is 0.253 e. The van der Waals surface area contributed by atoms with E-state index in [9.17, 15) is 14.3 Å². The summed E-state index contributed by atoms with van der Waals surface area (Å²) >= 11 is 0. The quantitative estimate of drug-likeness (QED) is 0.900. The molecule has 1 atom stereocenters. The molecular formula is C18H22FN3O2. The van der Waals surface area contributed by atoms with Crippen LogP contribution < -0.4 is 10.9 Å². The van der Waals surface area contributed by atoms with Gasteiger partial charge in [-0.2, -0.15) is 0 Å². The van der Waals surface area contributed by atoms with E-state index in [4.69, 9.17) is 0 Å². The SMILES string of the molecule is CC1(C)CNCCC1(O)Cn1cnc(-c2ccccc2F)cc1=O. The van der Waals surface area contributed by atoms with Crippen LogP contribution in [0.2, 0.25) is 0 Å². The molecule has 2 N–H and O–H groups in total. The van der Waals surface area contributed by atoms with Crippen LogP contribution in [0.15, 0.2) is 41.5 Å². The third-order valence-corrected chi connectivity index (χ3v) is 5.00. The Bertz CT molecular complexity index is 803. The van der Waals surface area contributed by atoms with Crippen molar-refractivity contribution in [2.75, 3.05) is 13.1 Å². The van der Waals surface area contributed by atoms with Gasteiger partial charge in [0.15, 0.2) is 0 Å². The van der Waals surface area contributed by atoms with Crippen LogP contribution in [0.1, 0.15) is 20.3 Å². The molecule has 1 aliphatic heterocycles. The summed E-state index contributed by atoms with van der Waals surface area (Å²) in [7, 11) is 0. The van der Waals surface area contributed by atoms with Crippen molar-refractivity contribution < 1.29 is 9.50 Å². The molecule has 2 heterocycles. The van der Waals surface area contributed by atoms with E-state index in [0.29, 0.717) is 30.8 Å². The Kier molecular flexibility index (Phi) is 4.27. The van der Waals surface area contributed by atoms with Crippen LogP contribution in [-0.2, 0) is 6.54 Å². The van der Waals surface area contributed by atoms with Crippen LogP contribution in [0.5, 0.6) is 0 Å². The van der Waals surface area contributed by atoms with E-state index in [1.807, 2.05) is 13.8 Å². The summed E-state index contributed by atoms with van der Waals surface area (Å²) in [4.78, 5) is 16.6. The Morgan fingerprint density at radius 2 is 2.12 bits per heavy atom. The number of piperidine rings is 1. The molecular weight excluding hydrogens is 309 g/mol. The molecule has 5 nitrogen and oxygen atoms in total. The zero-order chi connectivity index (χ0) is 17.4. The molecule has 1 fully saturated rings. The Labute approximate surface area is 140 Å². The zero-order valence-corrected chi connectivity index (χ0v) is 13.9. The van der Waals surface area contributed by atoms with Crippen molar-refractivity contribution >= 4 is 0 Å². The maximum Gasteiger partial charge on any atom is 0.253 e. The van der Waals surface area contributed by atoms with Crippen LogP contribution in [-0.4, -0.2) is 33.3 Å². The van der Waals surface area contributed by atoms with Gasteiger partial charge in [0, 0.05) is 23.6 Å². The van der Waals surface area contributed by atoms with Crippen molar-refractivity contribution in [2.45, 2.75) is 32.4 Å². The largest absolute Gasteiger partial charge is 0.387 e. The summed E-state index contributed by atoms with van der Waals surface area (Å²) in [5.41, 5.74) is -1.07. The van der Waals surface area contributed by atoms with Gasteiger partial charge in [-0.1, -0.05) is 26.0 Å². The van der Waals surface area contributed by atoms with Crippen molar-refractivity contribution in [1.82, 2.24) is 14.9 Å². The Hall–Kier alpha value is -2.05. The highest BCUT2D eigenvalue weighted by Gasteiger charge is 2.45. The Balaban J connectivity index is 1.91. The van der Waals surface area contributed by atoms with Crippen molar-refractivity contribution in [3.05, 3.63) is 52.8 Å². The molecule has 0 amide bonds. The predicted molar refractivity (Wildman–Crippen MR) is 90.1 cm³/mol. The molecule has 3 rings (SSSR count). The molecule has 0 saturated carbocycles. The summed E-state index contributed by atoms with van der Waals surface area (Å²) in [6, 6.07) is 7.53. The van der Waals surface area contributed by atoms with Gasteiger partial charge in [-0.25, -0.2) is 9.37 Å². The van der Waals surface area contributed by atoms with Crippen LogP contribution in [0.25, 0.3) is 11.3 Å². The maximum atomic E-state index is 13.8. The van der Waals surface area contributed by atoms with Crippen LogP contribution in [0.4, 0.5) is 4.39 Å². The molecule has 1 aromatic heterocycles.